The van der Waals surface area contributed by atoms with E-state index in [-0.39, 0.29) is 5.78 Å². The summed E-state index contributed by atoms with van der Waals surface area (Å²) in [6.45, 7) is 1.97. The number of hydrogen-bond donors (Lipinski definition) is 0. The molecule has 1 aromatic carbocycles. The first kappa shape index (κ1) is 10.8. The lowest BCUT2D eigenvalue weighted by molar-refractivity contribution is 0.103. The molecule has 0 N–H and O–H groups in total. The second kappa shape index (κ2) is 4.45. The number of carbonyl (C=O) groups is 1. The summed E-state index contributed by atoms with van der Waals surface area (Å²) in [7, 11) is 0. The number of thiophene rings is 1. The summed E-state index contributed by atoms with van der Waals surface area (Å²) < 4.78 is 1.14. The minimum atomic E-state index is 0.116. The van der Waals surface area contributed by atoms with Crippen LogP contribution in [0.4, 0.5) is 0 Å². The van der Waals surface area contributed by atoms with E-state index in [1.165, 1.54) is 0 Å². The Hall–Kier alpha value is -0.680. The molecular formula is C12H9IOS. The molecule has 0 atom stereocenters. The second-order valence-electron chi connectivity index (χ2n) is 3.30. The Bertz CT molecular complexity index is 485. The summed E-state index contributed by atoms with van der Waals surface area (Å²) in [4.78, 5) is 12.0. The minimum Gasteiger partial charge on any atom is -0.289 e. The van der Waals surface area contributed by atoms with Crippen molar-refractivity contribution in [3.8, 4) is 0 Å². The number of carbonyl (C=O) groups excluding carboxylic acids is 1. The lowest BCUT2D eigenvalue weighted by atomic mass is 10.0. The zero-order valence-corrected chi connectivity index (χ0v) is 11.1. The monoisotopic (exact) mass is 328 g/mol. The first-order valence-electron chi connectivity index (χ1n) is 4.51. The Kier molecular flexibility index (Phi) is 3.21. The van der Waals surface area contributed by atoms with Crippen molar-refractivity contribution >= 4 is 39.7 Å². The van der Waals surface area contributed by atoms with Gasteiger partial charge in [0.05, 0.1) is 0 Å². The first-order chi connectivity index (χ1) is 7.18. The van der Waals surface area contributed by atoms with Crippen LogP contribution >= 0.6 is 33.9 Å². The molecule has 3 heteroatoms. The van der Waals surface area contributed by atoms with Gasteiger partial charge in [0.2, 0.25) is 0 Å². The summed E-state index contributed by atoms with van der Waals surface area (Å²) in [6.07, 6.45) is 0. The SMILES string of the molecule is Cc1cscc1C(=O)c1ccc(I)cc1. The van der Waals surface area contributed by atoms with Gasteiger partial charge in [0.1, 0.15) is 0 Å². The standard InChI is InChI=1S/C12H9IOS/c1-8-6-15-7-11(8)12(14)9-2-4-10(13)5-3-9/h2-7H,1H3. The van der Waals surface area contributed by atoms with E-state index in [9.17, 15) is 4.79 Å². The van der Waals surface area contributed by atoms with Gasteiger partial charge in [0.15, 0.2) is 5.78 Å². The van der Waals surface area contributed by atoms with Gasteiger partial charge in [0, 0.05) is 20.1 Å². The van der Waals surface area contributed by atoms with Gasteiger partial charge in [-0.05, 0) is 64.7 Å². The van der Waals surface area contributed by atoms with Crippen LogP contribution in [0.1, 0.15) is 21.5 Å². The molecule has 0 saturated heterocycles. The molecule has 0 spiro atoms. The van der Waals surface area contributed by atoms with E-state index in [1.54, 1.807) is 11.3 Å². The van der Waals surface area contributed by atoms with E-state index in [2.05, 4.69) is 22.6 Å². The zero-order chi connectivity index (χ0) is 10.8. The molecule has 0 saturated carbocycles. The van der Waals surface area contributed by atoms with Crippen molar-refractivity contribution in [3.63, 3.8) is 0 Å². The van der Waals surface area contributed by atoms with Crippen LogP contribution in [-0.2, 0) is 0 Å². The van der Waals surface area contributed by atoms with Crippen molar-refractivity contribution in [1.82, 2.24) is 0 Å². The molecule has 1 heterocycles. The third kappa shape index (κ3) is 2.29. The summed E-state index contributed by atoms with van der Waals surface area (Å²) in [5.74, 6) is 0.116. The predicted octanol–water partition coefficient (Wildman–Crippen LogP) is 3.89. The molecule has 76 valence electrons. The molecular weight excluding hydrogens is 319 g/mol. The molecule has 0 unspecified atom stereocenters. The highest BCUT2D eigenvalue weighted by Crippen LogP contribution is 2.18. The maximum absolute atomic E-state index is 12.0. The molecule has 0 amide bonds. The third-order valence-corrected chi connectivity index (χ3v) is 3.79. The molecule has 0 radical (unpaired) electrons. The predicted molar refractivity (Wildman–Crippen MR) is 71.6 cm³/mol. The van der Waals surface area contributed by atoms with E-state index in [0.717, 1.165) is 20.3 Å². The van der Waals surface area contributed by atoms with Gasteiger partial charge in [-0.25, -0.2) is 0 Å². The van der Waals surface area contributed by atoms with Gasteiger partial charge in [-0.2, -0.15) is 11.3 Å². The van der Waals surface area contributed by atoms with Crippen LogP contribution in [0.3, 0.4) is 0 Å². The fourth-order valence-electron chi connectivity index (χ4n) is 1.35. The van der Waals surface area contributed by atoms with Gasteiger partial charge in [-0.15, -0.1) is 0 Å². The Labute approximate surface area is 106 Å². The van der Waals surface area contributed by atoms with Gasteiger partial charge in [-0.3, -0.25) is 4.79 Å². The first-order valence-corrected chi connectivity index (χ1v) is 6.53. The molecule has 15 heavy (non-hydrogen) atoms. The molecule has 2 rings (SSSR count). The zero-order valence-electron chi connectivity index (χ0n) is 8.16. The number of halogens is 1. The number of rotatable bonds is 2. The highest BCUT2D eigenvalue weighted by Gasteiger charge is 2.11. The van der Waals surface area contributed by atoms with E-state index >= 15 is 0 Å². The van der Waals surface area contributed by atoms with Gasteiger partial charge < -0.3 is 0 Å². The molecule has 0 bridgehead atoms. The average molecular weight is 328 g/mol. The molecule has 0 aliphatic rings. The molecule has 1 aromatic heterocycles. The largest absolute Gasteiger partial charge is 0.289 e. The Morgan fingerprint density at radius 3 is 2.40 bits per heavy atom. The highest BCUT2D eigenvalue weighted by molar-refractivity contribution is 14.1. The second-order valence-corrected chi connectivity index (χ2v) is 5.29. The van der Waals surface area contributed by atoms with Crippen molar-refractivity contribution < 1.29 is 4.79 Å². The van der Waals surface area contributed by atoms with Gasteiger partial charge in [0.25, 0.3) is 0 Å². The summed E-state index contributed by atoms with van der Waals surface area (Å²) >= 11 is 3.80. The van der Waals surface area contributed by atoms with E-state index < -0.39 is 0 Å². The van der Waals surface area contributed by atoms with Crippen LogP contribution in [0.15, 0.2) is 35.0 Å². The molecule has 0 aliphatic heterocycles. The van der Waals surface area contributed by atoms with Crippen molar-refractivity contribution in [1.29, 1.82) is 0 Å². The van der Waals surface area contributed by atoms with Crippen LogP contribution < -0.4 is 0 Å². The van der Waals surface area contributed by atoms with Gasteiger partial charge >= 0.3 is 0 Å². The van der Waals surface area contributed by atoms with Crippen LogP contribution in [0, 0.1) is 10.5 Å². The molecule has 0 fully saturated rings. The lowest BCUT2D eigenvalue weighted by Crippen LogP contribution is -2.01. The Morgan fingerprint density at radius 1 is 1.20 bits per heavy atom. The van der Waals surface area contributed by atoms with Crippen molar-refractivity contribution in [3.05, 3.63) is 55.3 Å². The highest BCUT2D eigenvalue weighted by atomic mass is 127. The average Bonchev–Trinajstić information content (AvgIpc) is 2.65. The summed E-state index contributed by atoms with van der Waals surface area (Å²) in [5, 5.41) is 3.91. The summed E-state index contributed by atoms with van der Waals surface area (Å²) in [6, 6.07) is 7.66. The lowest BCUT2D eigenvalue weighted by Gasteiger charge is -2.00. The maximum atomic E-state index is 12.0. The molecule has 0 aliphatic carbocycles. The Morgan fingerprint density at radius 2 is 1.87 bits per heavy atom. The normalized spacial score (nSPS) is 10.3. The van der Waals surface area contributed by atoms with E-state index in [0.29, 0.717) is 0 Å². The maximum Gasteiger partial charge on any atom is 0.194 e. The number of aryl methyl sites for hydroxylation is 1. The van der Waals surface area contributed by atoms with Gasteiger partial charge in [-0.1, -0.05) is 0 Å². The molecule has 2 aromatic rings. The smallest absolute Gasteiger partial charge is 0.194 e. The fourth-order valence-corrected chi connectivity index (χ4v) is 2.54. The van der Waals surface area contributed by atoms with Crippen LogP contribution in [0.25, 0.3) is 0 Å². The van der Waals surface area contributed by atoms with Crippen molar-refractivity contribution in [2.24, 2.45) is 0 Å². The molecule has 1 nitrogen and oxygen atoms in total. The Balaban J connectivity index is 2.37. The van der Waals surface area contributed by atoms with Crippen LogP contribution in [0.2, 0.25) is 0 Å². The minimum absolute atomic E-state index is 0.116. The van der Waals surface area contributed by atoms with Crippen LogP contribution in [-0.4, -0.2) is 5.78 Å². The van der Waals surface area contributed by atoms with Crippen molar-refractivity contribution in [2.75, 3.05) is 0 Å². The van der Waals surface area contributed by atoms with E-state index in [4.69, 9.17) is 0 Å². The van der Waals surface area contributed by atoms with Crippen molar-refractivity contribution in [2.45, 2.75) is 6.92 Å². The number of ketones is 1. The fraction of sp³-hybridized carbons (Fsp3) is 0.0833. The van der Waals surface area contributed by atoms with E-state index in [1.807, 2.05) is 41.9 Å². The topological polar surface area (TPSA) is 17.1 Å². The van der Waals surface area contributed by atoms with Crippen LogP contribution in [0.5, 0.6) is 0 Å². The number of benzene rings is 1. The quantitative estimate of drug-likeness (QED) is 0.604. The summed E-state index contributed by atoms with van der Waals surface area (Å²) in [5.41, 5.74) is 2.64. The number of hydrogen-bond acceptors (Lipinski definition) is 2. The third-order valence-electron chi connectivity index (χ3n) is 2.21.